The van der Waals surface area contributed by atoms with Crippen molar-refractivity contribution in [3.8, 4) is 0 Å². The normalized spacial score (nSPS) is 11.6. The van der Waals surface area contributed by atoms with Crippen LogP contribution in [0.4, 0.5) is 0 Å². The number of rotatable bonds is 10. The summed E-state index contributed by atoms with van der Waals surface area (Å²) in [5.41, 5.74) is 4.94. The molecule has 0 amide bonds. The molecule has 0 saturated heterocycles. The highest BCUT2D eigenvalue weighted by Gasteiger charge is 2.06. The molecule has 1 atom stereocenters. The molecule has 110 valence electrons. The molecule has 4 nitrogen and oxygen atoms in total. The second-order valence-corrected chi connectivity index (χ2v) is 5.74. The maximum atomic E-state index is 9.76. The zero-order valence-corrected chi connectivity index (χ0v) is 13.7. The van der Waals surface area contributed by atoms with Crippen LogP contribution >= 0.6 is 36.7 Å². The van der Waals surface area contributed by atoms with E-state index in [0.29, 0.717) is 0 Å². The quantitative estimate of drug-likeness (QED) is 0.326. The molecule has 0 rings (SSSR count). The van der Waals surface area contributed by atoms with Crippen LogP contribution in [0.1, 0.15) is 39.5 Å². The third-order valence-electron chi connectivity index (χ3n) is 1.77. The number of carboxylic acid groups (broad SMARTS) is 1. The van der Waals surface area contributed by atoms with E-state index in [-0.39, 0.29) is 5.75 Å². The highest BCUT2D eigenvalue weighted by Crippen LogP contribution is 2.17. The van der Waals surface area contributed by atoms with Gasteiger partial charge >= 0.3 is 5.97 Å². The summed E-state index contributed by atoms with van der Waals surface area (Å²) in [6.07, 6.45) is 5.05. The smallest absolute Gasteiger partial charge is 0.321 e. The zero-order valence-electron chi connectivity index (χ0n) is 11.1. The molecule has 0 radical (unpaired) electrons. The highest BCUT2D eigenvalue weighted by atomic mass is 32.2. The van der Waals surface area contributed by atoms with E-state index in [9.17, 15) is 4.79 Å². The minimum atomic E-state index is -1.00. The van der Waals surface area contributed by atoms with Crippen molar-refractivity contribution in [1.29, 1.82) is 0 Å². The molecule has 0 aromatic heterocycles. The minimum absolute atomic E-state index is 0.190. The predicted molar refractivity (Wildman–Crippen MR) is 85.3 cm³/mol. The monoisotopic (exact) mass is 315 g/mol. The molecule has 0 aliphatic rings. The molecule has 0 heterocycles. The van der Waals surface area contributed by atoms with Crippen LogP contribution in [0.5, 0.6) is 0 Å². The second kappa shape index (κ2) is 17.4. The molecule has 0 aromatic rings. The van der Waals surface area contributed by atoms with Crippen LogP contribution < -0.4 is 5.73 Å². The van der Waals surface area contributed by atoms with Crippen LogP contribution in [0.2, 0.25) is 0 Å². The number of nitrogens with two attached hydrogens (primary N) is 1. The maximum absolute atomic E-state index is 9.76. The van der Waals surface area contributed by atoms with Crippen LogP contribution in [0, 0.1) is 0 Å². The first-order valence-corrected chi connectivity index (χ1v) is 8.55. The Morgan fingerprint density at radius 1 is 1.28 bits per heavy atom. The van der Waals surface area contributed by atoms with Gasteiger partial charge < -0.3 is 10.8 Å². The van der Waals surface area contributed by atoms with Gasteiger partial charge in [0.1, 0.15) is 6.04 Å². The summed E-state index contributed by atoms with van der Waals surface area (Å²) in [6, 6.07) is -0.816. The van der Waals surface area contributed by atoms with Crippen LogP contribution in [-0.2, 0) is 8.42 Å². The van der Waals surface area contributed by atoms with E-state index in [2.05, 4.69) is 26.5 Å². The summed E-state index contributed by atoms with van der Waals surface area (Å²) < 4.78 is 5.27. The largest absolute Gasteiger partial charge is 0.480 e. The standard InChI is InChI=1S/C8H18OS2.C3H7NO2S/c1-3-5-7-10-9-11-8-6-4-2;4-2(1-7)3(5)6/h3-8H2,1-2H3;2,7H,1,4H2,(H,5,6). The molecule has 0 saturated carbocycles. The minimum Gasteiger partial charge on any atom is -0.480 e. The van der Waals surface area contributed by atoms with Crippen molar-refractivity contribution in [2.75, 3.05) is 17.3 Å². The number of carboxylic acids is 1. The van der Waals surface area contributed by atoms with Crippen LogP contribution in [-0.4, -0.2) is 34.4 Å². The van der Waals surface area contributed by atoms with Crippen LogP contribution in [0.3, 0.4) is 0 Å². The molecule has 0 fully saturated rings. The molecular formula is C11H25NO3S3. The molecule has 0 spiro atoms. The van der Waals surface area contributed by atoms with Gasteiger partial charge in [0.25, 0.3) is 0 Å². The second-order valence-electron chi connectivity index (χ2n) is 3.55. The summed E-state index contributed by atoms with van der Waals surface area (Å²) in [5, 5.41) is 8.01. The number of carbonyl (C=O) groups is 1. The Kier molecular flexibility index (Phi) is 20.1. The van der Waals surface area contributed by atoms with Crippen molar-refractivity contribution in [2.24, 2.45) is 5.73 Å². The number of hydrogen-bond acceptors (Lipinski definition) is 6. The Morgan fingerprint density at radius 3 is 1.94 bits per heavy atom. The van der Waals surface area contributed by atoms with E-state index >= 15 is 0 Å². The predicted octanol–water partition coefficient (Wildman–Crippen LogP) is 3.23. The van der Waals surface area contributed by atoms with E-state index in [0.717, 1.165) is 11.5 Å². The molecule has 7 heteroatoms. The van der Waals surface area contributed by atoms with Gasteiger partial charge in [0.15, 0.2) is 0 Å². The van der Waals surface area contributed by atoms with Crippen LogP contribution in [0.15, 0.2) is 0 Å². The van der Waals surface area contributed by atoms with Crippen molar-refractivity contribution >= 4 is 42.7 Å². The van der Waals surface area contributed by atoms with Gasteiger partial charge in [-0.15, -0.1) is 0 Å². The van der Waals surface area contributed by atoms with Gasteiger partial charge in [0.05, 0.1) is 0 Å². The topological polar surface area (TPSA) is 72.5 Å². The summed E-state index contributed by atoms with van der Waals surface area (Å²) in [7, 11) is 0. The van der Waals surface area contributed by atoms with Gasteiger partial charge in [-0.2, -0.15) is 12.6 Å². The van der Waals surface area contributed by atoms with Crippen LogP contribution in [0.25, 0.3) is 0 Å². The fourth-order valence-corrected chi connectivity index (χ4v) is 2.37. The van der Waals surface area contributed by atoms with E-state index in [1.165, 1.54) is 25.7 Å². The number of unbranched alkanes of at least 4 members (excludes halogenated alkanes) is 2. The zero-order chi connectivity index (χ0) is 14.2. The summed E-state index contributed by atoms with van der Waals surface area (Å²) in [4.78, 5) is 9.76. The number of aliphatic carboxylic acids is 1. The van der Waals surface area contributed by atoms with E-state index < -0.39 is 12.0 Å². The Morgan fingerprint density at radius 2 is 1.72 bits per heavy atom. The molecule has 0 aliphatic heterocycles. The highest BCUT2D eigenvalue weighted by molar-refractivity contribution is 8.07. The molecule has 0 bridgehead atoms. The molecular weight excluding hydrogens is 290 g/mol. The van der Waals surface area contributed by atoms with Crippen molar-refractivity contribution in [3.63, 3.8) is 0 Å². The van der Waals surface area contributed by atoms with E-state index in [1.807, 2.05) is 0 Å². The fraction of sp³-hybridized carbons (Fsp3) is 0.909. The van der Waals surface area contributed by atoms with E-state index in [4.69, 9.17) is 14.5 Å². The Hall–Kier alpha value is 0.440. The lowest BCUT2D eigenvalue weighted by molar-refractivity contribution is -0.137. The van der Waals surface area contributed by atoms with Gasteiger partial charge in [-0.25, -0.2) is 3.63 Å². The average molecular weight is 316 g/mol. The average Bonchev–Trinajstić information content (AvgIpc) is 2.37. The van der Waals surface area contributed by atoms with Crippen molar-refractivity contribution in [2.45, 2.75) is 45.6 Å². The summed E-state index contributed by atoms with van der Waals surface area (Å²) in [5.74, 6) is 1.45. The molecule has 3 N–H and O–H groups in total. The van der Waals surface area contributed by atoms with Gasteiger partial charge in [0, 0.05) is 41.3 Å². The van der Waals surface area contributed by atoms with E-state index in [1.54, 1.807) is 24.1 Å². The van der Waals surface area contributed by atoms with Gasteiger partial charge in [0.2, 0.25) is 0 Å². The Labute approximate surface area is 125 Å². The SMILES string of the molecule is CCCCSOSCCCC.NC(CS)C(=O)O. The first-order valence-electron chi connectivity index (χ1n) is 6.10. The molecule has 0 aromatic carbocycles. The van der Waals surface area contributed by atoms with Crippen molar-refractivity contribution in [1.82, 2.24) is 0 Å². The summed E-state index contributed by atoms with van der Waals surface area (Å²) in [6.45, 7) is 4.40. The van der Waals surface area contributed by atoms with Crippen molar-refractivity contribution in [3.05, 3.63) is 0 Å². The Balaban J connectivity index is 0. The maximum Gasteiger partial charge on any atom is 0.321 e. The summed E-state index contributed by atoms with van der Waals surface area (Å²) >= 11 is 6.83. The van der Waals surface area contributed by atoms with Gasteiger partial charge in [-0.3, -0.25) is 4.79 Å². The third-order valence-corrected chi connectivity index (χ3v) is 3.85. The fourth-order valence-electron chi connectivity index (χ4n) is 0.587. The first kappa shape index (κ1) is 20.8. The number of hydrogen-bond donors (Lipinski definition) is 3. The lowest BCUT2D eigenvalue weighted by Crippen LogP contribution is -2.31. The van der Waals surface area contributed by atoms with Gasteiger partial charge in [-0.1, -0.05) is 26.7 Å². The molecule has 18 heavy (non-hydrogen) atoms. The third kappa shape index (κ3) is 18.8. The Bertz CT molecular complexity index is 177. The lowest BCUT2D eigenvalue weighted by Gasteiger charge is -1.98. The van der Waals surface area contributed by atoms with Crippen molar-refractivity contribution < 1.29 is 13.5 Å². The molecule has 1 unspecified atom stereocenters. The number of thiol groups is 1. The lowest BCUT2D eigenvalue weighted by atomic mass is 10.4. The van der Waals surface area contributed by atoms with Gasteiger partial charge in [-0.05, 0) is 12.8 Å². The first-order chi connectivity index (χ1) is 8.59. The molecule has 0 aliphatic carbocycles.